The average Bonchev–Trinajstić information content (AvgIpc) is 1.85. The Kier molecular flexibility index (Phi) is 4.90. The summed E-state index contributed by atoms with van der Waals surface area (Å²) in [6, 6.07) is 0. The first-order valence-electron chi connectivity index (χ1n) is 3.12. The van der Waals surface area contributed by atoms with Crippen molar-refractivity contribution in [2.24, 2.45) is 5.11 Å². The minimum Gasteiger partial charge on any atom is -0.324 e. The zero-order valence-electron chi connectivity index (χ0n) is 5.92. The number of unbranched alkanes of at least 4 members (excludes halogenated alkanes) is 1. The third kappa shape index (κ3) is 9.46. The first kappa shape index (κ1) is 10.5. The van der Waals surface area contributed by atoms with Crippen molar-refractivity contribution in [2.75, 3.05) is 12.7 Å². The molecule has 0 amide bonds. The fourth-order valence-electron chi connectivity index (χ4n) is 0.545. The zero-order valence-corrected chi connectivity index (χ0v) is 6.81. The zero-order chi connectivity index (χ0) is 8.74. The van der Waals surface area contributed by atoms with E-state index in [0.29, 0.717) is 19.4 Å². The molecular formula is C4H10N3O3P. The molecule has 0 aromatic carbocycles. The Balaban J connectivity index is 3.29. The fraction of sp³-hybridized carbons (Fsp3) is 1.00. The molecule has 11 heavy (non-hydrogen) atoms. The maximum absolute atomic E-state index is 10.3. The molecule has 0 spiro atoms. The van der Waals surface area contributed by atoms with E-state index >= 15 is 0 Å². The van der Waals surface area contributed by atoms with Crippen LogP contribution in [0.5, 0.6) is 0 Å². The Bertz CT molecular complexity index is 195. The van der Waals surface area contributed by atoms with Crippen molar-refractivity contribution in [3.63, 3.8) is 0 Å². The van der Waals surface area contributed by atoms with Crippen LogP contribution in [0.15, 0.2) is 5.11 Å². The van der Waals surface area contributed by atoms with Gasteiger partial charge in [-0.15, -0.1) is 0 Å². The summed E-state index contributed by atoms with van der Waals surface area (Å²) in [5, 5.41) is 3.22. The van der Waals surface area contributed by atoms with Crippen LogP contribution in [0.2, 0.25) is 0 Å². The lowest BCUT2D eigenvalue weighted by Gasteiger charge is -2.00. The Morgan fingerprint density at radius 1 is 1.45 bits per heavy atom. The first-order chi connectivity index (χ1) is 5.06. The molecule has 0 heterocycles. The van der Waals surface area contributed by atoms with Crippen LogP contribution in [0, 0.1) is 0 Å². The van der Waals surface area contributed by atoms with Gasteiger partial charge in [0.25, 0.3) is 0 Å². The van der Waals surface area contributed by atoms with Gasteiger partial charge in [-0.2, -0.15) is 0 Å². The van der Waals surface area contributed by atoms with Crippen molar-refractivity contribution in [1.29, 1.82) is 0 Å². The summed E-state index contributed by atoms with van der Waals surface area (Å²) in [5.74, 6) is 0. The Labute approximate surface area is 64.0 Å². The van der Waals surface area contributed by atoms with E-state index in [-0.39, 0.29) is 6.16 Å². The number of nitrogens with zero attached hydrogens (tertiary/aromatic N) is 3. The van der Waals surface area contributed by atoms with E-state index in [1.54, 1.807) is 0 Å². The second-order valence-corrected chi connectivity index (χ2v) is 3.83. The monoisotopic (exact) mass is 179 g/mol. The molecule has 0 aromatic rings. The van der Waals surface area contributed by atoms with Crippen LogP contribution in [0.3, 0.4) is 0 Å². The number of hydrogen-bond donors (Lipinski definition) is 2. The number of rotatable bonds is 5. The van der Waals surface area contributed by atoms with Crippen LogP contribution in [-0.4, -0.2) is 22.5 Å². The van der Waals surface area contributed by atoms with Gasteiger partial charge in [-0.05, 0) is 18.4 Å². The molecule has 7 heteroatoms. The van der Waals surface area contributed by atoms with Crippen molar-refractivity contribution < 1.29 is 14.4 Å². The Hall–Kier alpha value is -0.540. The SMILES string of the molecule is [N-]=[N+]=NCCCCP(=O)(O)O. The molecule has 0 unspecified atom stereocenters. The summed E-state index contributed by atoms with van der Waals surface area (Å²) in [6.45, 7) is 0.302. The lowest BCUT2D eigenvalue weighted by atomic mass is 10.3. The lowest BCUT2D eigenvalue weighted by Crippen LogP contribution is -1.89. The topological polar surface area (TPSA) is 106 Å². The Morgan fingerprint density at radius 2 is 2.09 bits per heavy atom. The van der Waals surface area contributed by atoms with Crippen LogP contribution in [0.1, 0.15) is 12.8 Å². The van der Waals surface area contributed by atoms with Crippen molar-refractivity contribution in [3.8, 4) is 0 Å². The van der Waals surface area contributed by atoms with Gasteiger partial charge in [-0.3, -0.25) is 4.57 Å². The minimum atomic E-state index is -3.85. The largest absolute Gasteiger partial charge is 0.325 e. The smallest absolute Gasteiger partial charge is 0.324 e. The molecule has 0 atom stereocenters. The third-order valence-electron chi connectivity index (χ3n) is 1.02. The summed E-state index contributed by atoms with van der Waals surface area (Å²) in [4.78, 5) is 19.3. The van der Waals surface area contributed by atoms with Gasteiger partial charge in [0, 0.05) is 17.6 Å². The fourth-order valence-corrected chi connectivity index (χ4v) is 1.18. The van der Waals surface area contributed by atoms with Crippen LogP contribution >= 0.6 is 7.60 Å². The molecular weight excluding hydrogens is 169 g/mol. The van der Waals surface area contributed by atoms with Crippen molar-refractivity contribution in [1.82, 2.24) is 0 Å². The molecule has 0 rings (SSSR count). The molecule has 6 nitrogen and oxygen atoms in total. The maximum atomic E-state index is 10.3. The van der Waals surface area contributed by atoms with Gasteiger partial charge in [0.15, 0.2) is 0 Å². The average molecular weight is 179 g/mol. The lowest BCUT2D eigenvalue weighted by molar-refractivity contribution is 0.371. The summed E-state index contributed by atoms with van der Waals surface area (Å²) < 4.78 is 10.3. The van der Waals surface area contributed by atoms with Gasteiger partial charge >= 0.3 is 7.60 Å². The summed E-state index contributed by atoms with van der Waals surface area (Å²) in [5.41, 5.74) is 7.83. The molecule has 0 fully saturated rings. The summed E-state index contributed by atoms with van der Waals surface area (Å²) in [7, 11) is -3.85. The van der Waals surface area contributed by atoms with Crippen LogP contribution in [-0.2, 0) is 4.57 Å². The van der Waals surface area contributed by atoms with E-state index in [4.69, 9.17) is 15.3 Å². The highest BCUT2D eigenvalue weighted by Gasteiger charge is 2.10. The van der Waals surface area contributed by atoms with Crippen LogP contribution in [0.4, 0.5) is 0 Å². The highest BCUT2D eigenvalue weighted by atomic mass is 31.2. The standard InChI is InChI=1S/C4H10N3O3P/c5-7-6-3-1-2-4-11(8,9)10/h1-4H2,(H2,8,9,10). The van der Waals surface area contributed by atoms with Gasteiger partial charge in [0.1, 0.15) is 0 Å². The van der Waals surface area contributed by atoms with E-state index in [9.17, 15) is 4.57 Å². The van der Waals surface area contributed by atoms with E-state index in [0.717, 1.165) is 0 Å². The maximum Gasteiger partial charge on any atom is 0.325 e. The summed E-state index contributed by atoms with van der Waals surface area (Å²) >= 11 is 0. The summed E-state index contributed by atoms with van der Waals surface area (Å²) in [6.07, 6.45) is 0.784. The Morgan fingerprint density at radius 3 is 2.55 bits per heavy atom. The predicted octanol–water partition coefficient (Wildman–Crippen LogP) is 1.25. The van der Waals surface area contributed by atoms with E-state index in [1.807, 2.05) is 0 Å². The van der Waals surface area contributed by atoms with Gasteiger partial charge in [-0.1, -0.05) is 5.11 Å². The van der Waals surface area contributed by atoms with Gasteiger partial charge < -0.3 is 9.79 Å². The second-order valence-electron chi connectivity index (χ2n) is 2.05. The van der Waals surface area contributed by atoms with Crippen LogP contribution in [0.25, 0.3) is 10.4 Å². The molecule has 0 aliphatic heterocycles. The van der Waals surface area contributed by atoms with Gasteiger partial charge in [0.2, 0.25) is 0 Å². The highest BCUT2D eigenvalue weighted by molar-refractivity contribution is 7.51. The van der Waals surface area contributed by atoms with E-state index in [2.05, 4.69) is 10.0 Å². The molecule has 0 saturated carbocycles. The molecule has 0 radical (unpaired) electrons. The van der Waals surface area contributed by atoms with Gasteiger partial charge in [0.05, 0.1) is 0 Å². The minimum absolute atomic E-state index is 0.131. The quantitative estimate of drug-likeness (QED) is 0.218. The molecule has 0 aromatic heterocycles. The number of hydrogen-bond acceptors (Lipinski definition) is 2. The third-order valence-corrected chi connectivity index (χ3v) is 1.92. The molecule has 0 bridgehead atoms. The predicted molar refractivity (Wildman–Crippen MR) is 40.2 cm³/mol. The van der Waals surface area contributed by atoms with Gasteiger partial charge in [-0.25, -0.2) is 0 Å². The molecule has 64 valence electrons. The number of azide groups is 1. The molecule has 2 N–H and O–H groups in total. The second kappa shape index (κ2) is 5.16. The van der Waals surface area contributed by atoms with Crippen molar-refractivity contribution in [2.45, 2.75) is 12.8 Å². The molecule has 0 aliphatic rings. The first-order valence-corrected chi connectivity index (χ1v) is 4.91. The van der Waals surface area contributed by atoms with Crippen molar-refractivity contribution >= 4 is 7.60 Å². The van der Waals surface area contributed by atoms with Crippen LogP contribution < -0.4 is 0 Å². The molecule has 0 saturated heterocycles. The van der Waals surface area contributed by atoms with E-state index in [1.165, 1.54) is 0 Å². The molecule has 0 aliphatic carbocycles. The highest BCUT2D eigenvalue weighted by Crippen LogP contribution is 2.35. The van der Waals surface area contributed by atoms with E-state index < -0.39 is 7.60 Å². The normalized spacial score (nSPS) is 10.7. The van der Waals surface area contributed by atoms with Crippen molar-refractivity contribution in [3.05, 3.63) is 10.4 Å².